The number of rotatable bonds is 0. The van der Waals surface area contributed by atoms with Crippen molar-refractivity contribution in [3.05, 3.63) is 91.9 Å². The second-order valence-electron chi connectivity index (χ2n) is 10.0. The minimum atomic E-state index is 0. The van der Waals surface area contributed by atoms with E-state index in [0.717, 1.165) is 0 Å². The molecule has 0 aliphatic carbocycles. The van der Waals surface area contributed by atoms with Gasteiger partial charge in [0.25, 0.3) is 0 Å². The van der Waals surface area contributed by atoms with Crippen molar-refractivity contribution in [2.45, 2.75) is 62.3 Å². The van der Waals surface area contributed by atoms with Gasteiger partial charge in [-0.3, -0.25) is 0 Å². The SMILES string of the molecule is CC(C)(C)C.CC(C)(C)C.Cc1ccccc1.[CH3-].[Y].c1ccc2ccccc2c1. The Balaban J connectivity index is -0.000000320. The summed E-state index contributed by atoms with van der Waals surface area (Å²) in [5.74, 6) is 0. The summed E-state index contributed by atoms with van der Waals surface area (Å²) >= 11 is 0. The Hall–Kier alpha value is -0.976. The first-order valence-electron chi connectivity index (χ1n) is 9.82. The van der Waals surface area contributed by atoms with Crippen LogP contribution in [0.1, 0.15) is 61.0 Å². The molecule has 0 unspecified atom stereocenters. The van der Waals surface area contributed by atoms with E-state index in [1.165, 1.54) is 16.3 Å². The summed E-state index contributed by atoms with van der Waals surface area (Å²) in [4.78, 5) is 0. The average molecular weight is 469 g/mol. The van der Waals surface area contributed by atoms with Gasteiger partial charge in [-0.2, -0.15) is 0 Å². The van der Waals surface area contributed by atoms with Gasteiger partial charge in [0, 0.05) is 32.7 Å². The van der Waals surface area contributed by atoms with E-state index >= 15 is 0 Å². The van der Waals surface area contributed by atoms with Crippen LogP contribution in [0, 0.1) is 25.2 Å². The van der Waals surface area contributed by atoms with E-state index < -0.39 is 0 Å². The molecule has 159 valence electrons. The van der Waals surface area contributed by atoms with Gasteiger partial charge in [0.2, 0.25) is 0 Å². The van der Waals surface area contributed by atoms with Gasteiger partial charge in [-0.1, -0.05) is 140 Å². The summed E-state index contributed by atoms with van der Waals surface area (Å²) in [7, 11) is 0. The van der Waals surface area contributed by atoms with Crippen molar-refractivity contribution >= 4 is 10.8 Å². The molecule has 0 aliphatic rings. The van der Waals surface area contributed by atoms with Crippen molar-refractivity contribution in [2.75, 3.05) is 0 Å². The molecule has 0 aliphatic heterocycles. The molecular formula is C28H43Y-. The van der Waals surface area contributed by atoms with Crippen LogP contribution in [0.4, 0.5) is 0 Å². The number of aryl methyl sites for hydroxylation is 1. The zero-order valence-electron chi connectivity index (χ0n) is 20.6. The molecule has 0 saturated carbocycles. The molecule has 3 aromatic carbocycles. The Morgan fingerprint density at radius 2 is 0.655 bits per heavy atom. The Labute approximate surface area is 207 Å². The van der Waals surface area contributed by atoms with E-state index in [9.17, 15) is 0 Å². The van der Waals surface area contributed by atoms with Crippen molar-refractivity contribution < 1.29 is 32.7 Å². The van der Waals surface area contributed by atoms with Gasteiger partial charge in [-0.15, -0.1) is 0 Å². The minimum absolute atomic E-state index is 0. The van der Waals surface area contributed by atoms with Crippen LogP contribution >= 0.6 is 0 Å². The van der Waals surface area contributed by atoms with Crippen molar-refractivity contribution in [1.82, 2.24) is 0 Å². The standard InChI is InChI=1S/C10H8.C7H8.2C5H12.CH3.Y/c1-2-6-10-8-4-3-7-9(10)5-1;1-7-5-3-2-4-6-7;2*1-5(2,3)4;;/h1-8H;2-6H,1H3;2*1-4H3;1H3;/q;;;;-1;. The smallest absolute Gasteiger partial charge is 0 e. The number of hydrogen-bond donors (Lipinski definition) is 0. The molecule has 0 aromatic heterocycles. The molecule has 1 radical (unpaired) electrons. The predicted octanol–water partition coefficient (Wildman–Crippen LogP) is 9.39. The third-order valence-electron chi connectivity index (χ3n) is 2.60. The van der Waals surface area contributed by atoms with Crippen LogP contribution in [0.3, 0.4) is 0 Å². The molecule has 0 nitrogen and oxygen atoms in total. The molecular weight excluding hydrogens is 425 g/mol. The van der Waals surface area contributed by atoms with Gasteiger partial charge in [-0.25, -0.2) is 0 Å². The van der Waals surface area contributed by atoms with Gasteiger partial charge in [0.15, 0.2) is 0 Å². The molecule has 29 heavy (non-hydrogen) atoms. The van der Waals surface area contributed by atoms with E-state index in [1.54, 1.807) is 0 Å². The van der Waals surface area contributed by atoms with Crippen LogP contribution in [-0.4, -0.2) is 0 Å². The first-order chi connectivity index (χ1) is 12.4. The van der Waals surface area contributed by atoms with Crippen molar-refractivity contribution in [1.29, 1.82) is 0 Å². The molecule has 0 N–H and O–H groups in total. The van der Waals surface area contributed by atoms with E-state index in [0.29, 0.717) is 10.8 Å². The maximum absolute atomic E-state index is 2.19. The van der Waals surface area contributed by atoms with Gasteiger partial charge in [0.1, 0.15) is 0 Å². The quantitative estimate of drug-likeness (QED) is 0.288. The Morgan fingerprint density at radius 3 is 0.828 bits per heavy atom. The zero-order chi connectivity index (χ0) is 20.9. The third-order valence-corrected chi connectivity index (χ3v) is 2.60. The summed E-state index contributed by atoms with van der Waals surface area (Å²) in [5, 5.41) is 2.62. The largest absolute Gasteiger partial charge is 0.358 e. The number of fused-ring (bicyclic) bond motifs is 1. The molecule has 0 bridgehead atoms. The van der Waals surface area contributed by atoms with Crippen LogP contribution in [0.15, 0.2) is 78.9 Å². The molecule has 3 rings (SSSR count). The maximum atomic E-state index is 2.19. The van der Waals surface area contributed by atoms with Gasteiger partial charge < -0.3 is 7.43 Å². The molecule has 0 amide bonds. The molecule has 0 atom stereocenters. The first-order valence-corrected chi connectivity index (χ1v) is 9.82. The second kappa shape index (κ2) is 16.8. The van der Waals surface area contributed by atoms with Crippen LogP contribution < -0.4 is 0 Å². The predicted molar refractivity (Wildman–Crippen MR) is 132 cm³/mol. The van der Waals surface area contributed by atoms with Crippen molar-refractivity contribution in [3.63, 3.8) is 0 Å². The first kappa shape index (κ1) is 32.7. The fraction of sp³-hybridized carbons (Fsp3) is 0.393. The van der Waals surface area contributed by atoms with Gasteiger partial charge in [0.05, 0.1) is 0 Å². The maximum Gasteiger partial charge on any atom is 0 e. The molecule has 0 fully saturated rings. The molecule has 3 aromatic rings. The van der Waals surface area contributed by atoms with Crippen molar-refractivity contribution in [3.8, 4) is 0 Å². The van der Waals surface area contributed by atoms with Crippen LogP contribution in [0.25, 0.3) is 10.8 Å². The topological polar surface area (TPSA) is 0 Å². The summed E-state index contributed by atoms with van der Waals surface area (Å²) in [6.07, 6.45) is 0. The zero-order valence-corrected chi connectivity index (χ0v) is 23.4. The average Bonchev–Trinajstić information content (AvgIpc) is 2.53. The minimum Gasteiger partial charge on any atom is -0.358 e. The van der Waals surface area contributed by atoms with E-state index in [-0.39, 0.29) is 40.1 Å². The molecule has 1 heteroatoms. The van der Waals surface area contributed by atoms with Crippen LogP contribution in [0.5, 0.6) is 0 Å². The summed E-state index contributed by atoms with van der Waals surface area (Å²) < 4.78 is 0. The fourth-order valence-electron chi connectivity index (χ4n) is 1.67. The van der Waals surface area contributed by atoms with Gasteiger partial charge in [-0.05, 0) is 28.5 Å². The molecule has 0 heterocycles. The molecule has 0 saturated heterocycles. The third kappa shape index (κ3) is 27.0. The van der Waals surface area contributed by atoms with Gasteiger partial charge >= 0.3 is 0 Å². The molecule has 0 spiro atoms. The van der Waals surface area contributed by atoms with E-state index in [4.69, 9.17) is 0 Å². The number of hydrogen-bond acceptors (Lipinski definition) is 0. The second-order valence-corrected chi connectivity index (χ2v) is 10.0. The summed E-state index contributed by atoms with van der Waals surface area (Å²) in [6.45, 7) is 19.6. The van der Waals surface area contributed by atoms with Crippen LogP contribution in [-0.2, 0) is 32.7 Å². The van der Waals surface area contributed by atoms with Crippen LogP contribution in [0.2, 0.25) is 0 Å². The Kier molecular flexibility index (Phi) is 18.9. The normalized spacial score (nSPS) is 9.69. The Bertz CT molecular complexity index is 642. The fourth-order valence-corrected chi connectivity index (χ4v) is 1.67. The van der Waals surface area contributed by atoms with E-state index in [1.807, 2.05) is 18.2 Å². The number of benzene rings is 3. The monoisotopic (exact) mass is 468 g/mol. The Morgan fingerprint density at radius 1 is 0.448 bits per heavy atom. The van der Waals surface area contributed by atoms with E-state index in [2.05, 4.69) is 123 Å². The summed E-state index contributed by atoms with van der Waals surface area (Å²) in [6, 6.07) is 27.0. The van der Waals surface area contributed by atoms with Crippen molar-refractivity contribution in [2.24, 2.45) is 10.8 Å². The summed E-state index contributed by atoms with van der Waals surface area (Å²) in [5.41, 5.74) is 2.32.